The molecule has 1 aliphatic rings. The van der Waals surface area contributed by atoms with Crippen molar-refractivity contribution < 1.29 is 18.3 Å². The zero-order valence-electron chi connectivity index (χ0n) is 10.0. The molecule has 1 atom stereocenters. The third-order valence-corrected chi connectivity index (χ3v) is 2.80. The summed E-state index contributed by atoms with van der Waals surface area (Å²) in [5, 5.41) is 0. The van der Waals surface area contributed by atoms with Crippen LogP contribution in [-0.2, 0) is 0 Å². The summed E-state index contributed by atoms with van der Waals surface area (Å²) in [5.74, 6) is 0.00281. The number of fused-ring (bicyclic) bond motifs is 1. The van der Waals surface area contributed by atoms with E-state index in [1.165, 1.54) is 12.1 Å². The number of aromatic nitrogens is 2. The number of halogens is 2. The Hall–Kier alpha value is -2.15. The maximum Gasteiger partial charge on any atom is 0.586 e. The number of imidazole rings is 1. The summed E-state index contributed by atoms with van der Waals surface area (Å²) in [7, 11) is 0. The van der Waals surface area contributed by atoms with Crippen molar-refractivity contribution in [2.45, 2.75) is 19.3 Å². The molecule has 2 N–H and O–H groups in total. The summed E-state index contributed by atoms with van der Waals surface area (Å²) in [5.41, 5.74) is 7.21. The topological polar surface area (TPSA) is 62.3 Å². The minimum atomic E-state index is -3.61. The second-order valence-electron chi connectivity index (χ2n) is 4.28. The summed E-state index contributed by atoms with van der Waals surface area (Å²) < 4.78 is 36.3. The van der Waals surface area contributed by atoms with Crippen molar-refractivity contribution in [2.24, 2.45) is 5.73 Å². The summed E-state index contributed by atoms with van der Waals surface area (Å²) >= 11 is 0. The van der Waals surface area contributed by atoms with Gasteiger partial charge in [0.2, 0.25) is 0 Å². The molecule has 0 saturated carbocycles. The highest BCUT2D eigenvalue weighted by molar-refractivity contribution is 5.51. The number of hydrogen-bond acceptors (Lipinski definition) is 4. The quantitative estimate of drug-likeness (QED) is 0.906. The van der Waals surface area contributed by atoms with E-state index in [0.29, 0.717) is 5.69 Å². The normalized spacial score (nSPS) is 17.5. The molecule has 2 heterocycles. The fraction of sp³-hybridized carbons (Fsp3) is 0.250. The molecule has 0 bridgehead atoms. The van der Waals surface area contributed by atoms with Gasteiger partial charge < -0.3 is 19.8 Å². The fourth-order valence-corrected chi connectivity index (χ4v) is 1.95. The van der Waals surface area contributed by atoms with Gasteiger partial charge in [0.05, 0.1) is 23.9 Å². The van der Waals surface area contributed by atoms with Crippen molar-refractivity contribution in [3.8, 4) is 17.2 Å². The van der Waals surface area contributed by atoms with Gasteiger partial charge in [-0.25, -0.2) is 4.98 Å². The second-order valence-corrected chi connectivity index (χ2v) is 4.28. The van der Waals surface area contributed by atoms with Crippen molar-refractivity contribution in [2.75, 3.05) is 0 Å². The minimum Gasteiger partial charge on any atom is -0.395 e. The van der Waals surface area contributed by atoms with Gasteiger partial charge in [-0.05, 0) is 19.1 Å². The first-order chi connectivity index (χ1) is 8.96. The Balaban J connectivity index is 2.02. The maximum absolute atomic E-state index is 12.9. The van der Waals surface area contributed by atoms with Crippen molar-refractivity contribution in [3.05, 3.63) is 36.4 Å². The zero-order valence-corrected chi connectivity index (χ0v) is 10.0. The standard InChI is InChI=1S/C12H11F2N3O2/c1-7(15)9-5-16-6-17(9)8-2-3-10-11(4-8)19-12(13,14)18-10/h2-7H,15H2,1H3/t7-/m1/s1. The van der Waals surface area contributed by atoms with E-state index in [0.717, 1.165) is 5.69 Å². The lowest BCUT2D eigenvalue weighted by atomic mass is 10.2. The predicted octanol–water partition coefficient (Wildman–Crippen LogP) is 2.21. The van der Waals surface area contributed by atoms with Gasteiger partial charge in [0.25, 0.3) is 0 Å². The Morgan fingerprint density at radius 1 is 1.32 bits per heavy atom. The molecular weight excluding hydrogens is 256 g/mol. The molecule has 3 rings (SSSR count). The third kappa shape index (κ3) is 2.01. The van der Waals surface area contributed by atoms with Crippen LogP contribution in [0.5, 0.6) is 11.5 Å². The molecular formula is C12H11F2N3O2. The number of alkyl halides is 2. The molecule has 1 aromatic heterocycles. The fourth-order valence-electron chi connectivity index (χ4n) is 1.95. The minimum absolute atomic E-state index is 0.00757. The lowest BCUT2D eigenvalue weighted by Gasteiger charge is -2.11. The number of ether oxygens (including phenoxy) is 2. The molecule has 0 aliphatic carbocycles. The highest BCUT2D eigenvalue weighted by Crippen LogP contribution is 2.41. The van der Waals surface area contributed by atoms with Crippen molar-refractivity contribution >= 4 is 0 Å². The second kappa shape index (κ2) is 3.92. The van der Waals surface area contributed by atoms with Crippen molar-refractivity contribution in [3.63, 3.8) is 0 Å². The Bertz CT molecular complexity index is 625. The summed E-state index contributed by atoms with van der Waals surface area (Å²) in [6.45, 7) is 1.81. The molecule has 0 unspecified atom stereocenters. The van der Waals surface area contributed by atoms with Gasteiger partial charge >= 0.3 is 6.29 Å². The predicted molar refractivity (Wildman–Crippen MR) is 62.4 cm³/mol. The van der Waals surface area contributed by atoms with Crippen LogP contribution in [0, 0.1) is 0 Å². The van der Waals surface area contributed by atoms with E-state index in [4.69, 9.17) is 5.73 Å². The summed E-state index contributed by atoms with van der Waals surface area (Å²) in [6, 6.07) is 4.30. The highest BCUT2D eigenvalue weighted by atomic mass is 19.3. The van der Waals surface area contributed by atoms with Gasteiger partial charge in [-0.2, -0.15) is 0 Å². The zero-order chi connectivity index (χ0) is 13.6. The van der Waals surface area contributed by atoms with E-state index in [1.54, 1.807) is 23.2 Å². The molecule has 1 aliphatic heterocycles. The van der Waals surface area contributed by atoms with Crippen LogP contribution in [0.15, 0.2) is 30.7 Å². The molecule has 0 fully saturated rings. The van der Waals surface area contributed by atoms with E-state index in [9.17, 15) is 8.78 Å². The Labute approximate surface area is 107 Å². The number of nitrogens with zero attached hydrogens (tertiary/aromatic N) is 2. The van der Waals surface area contributed by atoms with E-state index in [2.05, 4.69) is 14.5 Å². The number of benzene rings is 1. The van der Waals surface area contributed by atoms with E-state index < -0.39 is 6.29 Å². The Morgan fingerprint density at radius 2 is 2.05 bits per heavy atom. The Morgan fingerprint density at radius 3 is 2.79 bits per heavy atom. The molecule has 0 amide bonds. The Kier molecular flexibility index (Phi) is 2.46. The van der Waals surface area contributed by atoms with Gasteiger partial charge in [0.1, 0.15) is 0 Å². The molecule has 0 saturated heterocycles. The molecule has 100 valence electrons. The largest absolute Gasteiger partial charge is 0.586 e. The number of rotatable bonds is 2. The average Bonchev–Trinajstić information content (AvgIpc) is 2.89. The maximum atomic E-state index is 12.9. The highest BCUT2D eigenvalue weighted by Gasteiger charge is 2.43. The van der Waals surface area contributed by atoms with Crippen LogP contribution in [0.1, 0.15) is 18.7 Å². The smallest absolute Gasteiger partial charge is 0.395 e. The van der Waals surface area contributed by atoms with Crippen LogP contribution in [0.4, 0.5) is 8.78 Å². The van der Waals surface area contributed by atoms with Crippen LogP contribution >= 0.6 is 0 Å². The van der Waals surface area contributed by atoms with Crippen LogP contribution in [0.3, 0.4) is 0 Å². The summed E-state index contributed by atoms with van der Waals surface area (Å²) in [4.78, 5) is 4.00. The number of hydrogen-bond donors (Lipinski definition) is 1. The van der Waals surface area contributed by atoms with Crippen molar-refractivity contribution in [1.29, 1.82) is 0 Å². The molecule has 5 nitrogen and oxygen atoms in total. The molecule has 7 heteroatoms. The first kappa shape index (κ1) is 11.9. The first-order valence-electron chi connectivity index (χ1n) is 5.64. The monoisotopic (exact) mass is 267 g/mol. The molecule has 2 aromatic rings. The molecule has 1 aromatic carbocycles. The number of nitrogens with two attached hydrogens (primary N) is 1. The van der Waals surface area contributed by atoms with Crippen LogP contribution in [0.2, 0.25) is 0 Å². The van der Waals surface area contributed by atoms with E-state index in [1.807, 2.05) is 6.92 Å². The molecule has 0 radical (unpaired) electrons. The lowest BCUT2D eigenvalue weighted by molar-refractivity contribution is -0.286. The van der Waals surface area contributed by atoms with Crippen LogP contribution in [-0.4, -0.2) is 15.8 Å². The third-order valence-electron chi connectivity index (χ3n) is 2.80. The lowest BCUT2D eigenvalue weighted by Crippen LogP contribution is -2.25. The molecule has 0 spiro atoms. The van der Waals surface area contributed by atoms with Crippen LogP contribution in [0.25, 0.3) is 5.69 Å². The molecule has 19 heavy (non-hydrogen) atoms. The van der Waals surface area contributed by atoms with Crippen LogP contribution < -0.4 is 15.2 Å². The van der Waals surface area contributed by atoms with Gasteiger partial charge in [0.15, 0.2) is 11.5 Å². The van der Waals surface area contributed by atoms with Gasteiger partial charge in [-0.1, -0.05) is 0 Å². The van der Waals surface area contributed by atoms with Gasteiger partial charge in [0, 0.05) is 12.1 Å². The van der Waals surface area contributed by atoms with Crippen molar-refractivity contribution in [1.82, 2.24) is 9.55 Å². The average molecular weight is 267 g/mol. The van der Waals surface area contributed by atoms with E-state index >= 15 is 0 Å². The van der Waals surface area contributed by atoms with Gasteiger partial charge in [-0.3, -0.25) is 0 Å². The summed E-state index contributed by atoms with van der Waals surface area (Å²) in [6.07, 6.45) is -0.419. The van der Waals surface area contributed by atoms with Gasteiger partial charge in [-0.15, -0.1) is 8.78 Å². The SMILES string of the molecule is C[C@@H](N)c1cncn1-c1ccc2c(c1)OC(F)(F)O2. The van der Waals surface area contributed by atoms with E-state index in [-0.39, 0.29) is 17.5 Å². The first-order valence-corrected chi connectivity index (χ1v) is 5.64.